The molecule has 0 aromatic rings. The highest BCUT2D eigenvalue weighted by Crippen LogP contribution is 2.33. The van der Waals surface area contributed by atoms with Crippen LogP contribution in [0.5, 0.6) is 0 Å². The van der Waals surface area contributed by atoms with Crippen LogP contribution in [0.3, 0.4) is 0 Å². The molecule has 17 atom stereocenters. The molecular formula is C49H93NO18. The zero-order chi connectivity index (χ0) is 49.8. The third kappa shape index (κ3) is 20.7. The molecule has 68 heavy (non-hydrogen) atoms. The molecule has 19 heteroatoms. The maximum absolute atomic E-state index is 13.1. The van der Waals surface area contributed by atoms with Crippen molar-refractivity contribution in [3.63, 3.8) is 0 Å². The topological polar surface area (TPSA) is 307 Å². The fraction of sp³-hybridized carbons (Fsp3) is 0.980. The van der Waals surface area contributed by atoms with Gasteiger partial charge in [-0.3, -0.25) is 4.79 Å². The summed E-state index contributed by atoms with van der Waals surface area (Å²) in [6.45, 7) is 1.64. The number of amides is 1. The number of rotatable bonds is 37. The first-order valence-corrected chi connectivity index (χ1v) is 26.3. The van der Waals surface area contributed by atoms with Gasteiger partial charge in [0.15, 0.2) is 18.9 Å². The van der Waals surface area contributed by atoms with Crippen molar-refractivity contribution >= 4 is 5.91 Å². The van der Waals surface area contributed by atoms with E-state index < -0.39 is 124 Å². The molecule has 3 aliphatic heterocycles. The summed E-state index contributed by atoms with van der Waals surface area (Å²) >= 11 is 0. The maximum atomic E-state index is 13.1. The molecule has 12 N–H and O–H groups in total. The minimum Gasteiger partial charge on any atom is -0.394 e. The molecule has 3 saturated heterocycles. The summed E-state index contributed by atoms with van der Waals surface area (Å²) in [5.41, 5.74) is 0. The molecule has 0 spiro atoms. The Labute approximate surface area is 404 Å². The van der Waals surface area contributed by atoms with Crippen LogP contribution >= 0.6 is 0 Å². The Hall–Kier alpha value is -1.21. The van der Waals surface area contributed by atoms with Crippen molar-refractivity contribution in [2.75, 3.05) is 26.4 Å². The number of aliphatic hydroxyl groups excluding tert-OH is 11. The number of nitrogens with one attached hydrogen (secondary N) is 1. The van der Waals surface area contributed by atoms with Crippen LogP contribution in [0.1, 0.15) is 174 Å². The molecule has 0 radical (unpaired) electrons. The Morgan fingerprint density at radius 2 is 0.838 bits per heavy atom. The SMILES string of the molecule is CCCCCCCCCCCCCCCCCCCCCC(=O)NC(COC1OC(CO)C(OC2OC(CO)C(OC3OC(CO)C(O)C(O)C3O)C(O)C2O)C(O)C1O)C(O)CCCCCC. The number of carbonyl (C=O) groups excluding carboxylic acids is 1. The fourth-order valence-corrected chi connectivity index (χ4v) is 9.25. The highest BCUT2D eigenvalue weighted by atomic mass is 16.8. The van der Waals surface area contributed by atoms with Gasteiger partial charge in [0.1, 0.15) is 73.2 Å². The molecule has 17 unspecified atom stereocenters. The fourth-order valence-electron chi connectivity index (χ4n) is 9.25. The molecule has 0 aromatic carbocycles. The first kappa shape index (κ1) is 61.1. The molecule has 0 saturated carbocycles. The van der Waals surface area contributed by atoms with E-state index >= 15 is 0 Å². The summed E-state index contributed by atoms with van der Waals surface area (Å²) in [5.74, 6) is -0.250. The molecule has 1 amide bonds. The molecule has 0 aromatic heterocycles. The Kier molecular flexibility index (Phi) is 31.5. The number of ether oxygens (including phenoxy) is 6. The largest absolute Gasteiger partial charge is 0.394 e. The second-order valence-corrected chi connectivity index (χ2v) is 19.4. The monoisotopic (exact) mass is 984 g/mol. The van der Waals surface area contributed by atoms with Gasteiger partial charge in [0.05, 0.1) is 38.6 Å². The average molecular weight is 984 g/mol. The summed E-state index contributed by atoms with van der Waals surface area (Å²) in [5, 5.41) is 119. The molecule has 3 rings (SSSR count). The van der Waals surface area contributed by atoms with E-state index in [-0.39, 0.29) is 18.9 Å². The van der Waals surface area contributed by atoms with Crippen LogP contribution in [0.4, 0.5) is 0 Å². The van der Waals surface area contributed by atoms with Gasteiger partial charge in [0.2, 0.25) is 5.91 Å². The number of hydrogen-bond donors (Lipinski definition) is 12. The van der Waals surface area contributed by atoms with Crippen LogP contribution < -0.4 is 5.32 Å². The van der Waals surface area contributed by atoms with Gasteiger partial charge in [0, 0.05) is 6.42 Å². The predicted molar refractivity (Wildman–Crippen MR) is 250 cm³/mol. The van der Waals surface area contributed by atoms with Crippen LogP contribution in [0.25, 0.3) is 0 Å². The van der Waals surface area contributed by atoms with Crippen LogP contribution in [0, 0.1) is 0 Å². The first-order chi connectivity index (χ1) is 32.8. The highest BCUT2D eigenvalue weighted by Gasteiger charge is 2.53. The van der Waals surface area contributed by atoms with Gasteiger partial charge in [-0.15, -0.1) is 0 Å². The number of hydrogen-bond acceptors (Lipinski definition) is 18. The van der Waals surface area contributed by atoms with Gasteiger partial charge >= 0.3 is 0 Å². The summed E-state index contributed by atoms with van der Waals surface area (Å²) in [4.78, 5) is 13.1. The van der Waals surface area contributed by atoms with Crippen molar-refractivity contribution < 1.29 is 89.4 Å². The van der Waals surface area contributed by atoms with Crippen molar-refractivity contribution in [2.45, 2.75) is 279 Å². The van der Waals surface area contributed by atoms with Gasteiger partial charge in [-0.2, -0.15) is 0 Å². The van der Waals surface area contributed by atoms with Gasteiger partial charge in [0.25, 0.3) is 0 Å². The lowest BCUT2D eigenvalue weighted by molar-refractivity contribution is -0.379. The Morgan fingerprint density at radius 3 is 1.28 bits per heavy atom. The van der Waals surface area contributed by atoms with Gasteiger partial charge in [-0.25, -0.2) is 0 Å². The second kappa shape index (κ2) is 35.0. The summed E-state index contributed by atoms with van der Waals surface area (Å²) in [6, 6.07) is -0.875. The molecular weight excluding hydrogens is 891 g/mol. The predicted octanol–water partition coefficient (Wildman–Crippen LogP) is 2.09. The van der Waals surface area contributed by atoms with E-state index in [9.17, 15) is 61.0 Å². The molecule has 0 aliphatic carbocycles. The van der Waals surface area contributed by atoms with Crippen molar-refractivity contribution in [3.05, 3.63) is 0 Å². The molecule has 19 nitrogen and oxygen atoms in total. The van der Waals surface area contributed by atoms with Crippen LogP contribution in [-0.2, 0) is 33.2 Å². The average Bonchev–Trinajstić information content (AvgIpc) is 3.33. The molecule has 3 aliphatic rings. The number of unbranched alkanes of at least 4 members (excludes halogenated alkanes) is 21. The Morgan fingerprint density at radius 1 is 0.471 bits per heavy atom. The van der Waals surface area contributed by atoms with Crippen LogP contribution in [-0.4, -0.2) is 193 Å². The lowest BCUT2D eigenvalue weighted by Gasteiger charge is -2.48. The van der Waals surface area contributed by atoms with E-state index in [1.807, 2.05) is 0 Å². The lowest BCUT2D eigenvalue weighted by Crippen LogP contribution is -2.66. The van der Waals surface area contributed by atoms with Crippen molar-refractivity contribution in [1.82, 2.24) is 5.32 Å². The van der Waals surface area contributed by atoms with E-state index in [0.29, 0.717) is 12.8 Å². The van der Waals surface area contributed by atoms with Crippen LogP contribution in [0.2, 0.25) is 0 Å². The van der Waals surface area contributed by atoms with Crippen molar-refractivity contribution in [3.8, 4) is 0 Å². The maximum Gasteiger partial charge on any atom is 0.220 e. The second-order valence-electron chi connectivity index (χ2n) is 19.4. The normalized spacial score (nSPS) is 33.1. The third-order valence-corrected chi connectivity index (χ3v) is 13.7. The van der Waals surface area contributed by atoms with Crippen molar-refractivity contribution in [2.24, 2.45) is 0 Å². The zero-order valence-corrected chi connectivity index (χ0v) is 41.1. The first-order valence-electron chi connectivity index (χ1n) is 26.3. The van der Waals surface area contributed by atoms with Crippen molar-refractivity contribution in [1.29, 1.82) is 0 Å². The number of aliphatic hydroxyl groups is 11. The quantitative estimate of drug-likeness (QED) is 0.0397. The summed E-state index contributed by atoms with van der Waals surface area (Å²) < 4.78 is 34.0. The van der Waals surface area contributed by atoms with E-state index in [2.05, 4.69) is 19.2 Å². The summed E-state index contributed by atoms with van der Waals surface area (Å²) in [7, 11) is 0. The van der Waals surface area contributed by atoms with E-state index in [4.69, 9.17) is 28.4 Å². The zero-order valence-electron chi connectivity index (χ0n) is 41.1. The molecule has 3 fully saturated rings. The van der Waals surface area contributed by atoms with Crippen LogP contribution in [0.15, 0.2) is 0 Å². The van der Waals surface area contributed by atoms with Gasteiger partial charge in [-0.05, 0) is 12.8 Å². The Bertz CT molecular complexity index is 1270. The lowest BCUT2D eigenvalue weighted by atomic mass is 9.96. The smallest absolute Gasteiger partial charge is 0.220 e. The van der Waals surface area contributed by atoms with Gasteiger partial charge < -0.3 is 89.9 Å². The third-order valence-electron chi connectivity index (χ3n) is 13.7. The number of carbonyl (C=O) groups is 1. The van der Waals surface area contributed by atoms with E-state index in [1.165, 1.54) is 96.3 Å². The molecule has 0 bridgehead atoms. The molecule has 402 valence electrons. The minimum atomic E-state index is -1.97. The van der Waals surface area contributed by atoms with E-state index in [0.717, 1.165) is 44.9 Å². The van der Waals surface area contributed by atoms with E-state index in [1.54, 1.807) is 0 Å². The van der Waals surface area contributed by atoms with Gasteiger partial charge in [-0.1, -0.05) is 155 Å². The minimum absolute atomic E-state index is 0.250. The summed E-state index contributed by atoms with van der Waals surface area (Å²) in [6.07, 6.45) is 1.60. The Balaban J connectivity index is 1.43. The standard InChI is InChI=1S/C49H93NO18/c1-3-5-7-9-10-11-12-13-14-15-16-17-18-19-20-21-22-23-25-27-37(55)50-32(33(54)26-24-8-6-4-2)31-63-47-43(61)40(58)45(35(29-52)65-47)68-49-44(62)41(59)46(36(30-53)66-49)67-48-42(60)39(57)38(56)34(28-51)64-48/h32-36,38-49,51-54,56-62H,3-31H2,1-2H3,(H,50,55). The molecule has 3 heterocycles. The highest BCUT2D eigenvalue weighted by molar-refractivity contribution is 5.76.